The minimum Gasteiger partial charge on any atom is -0.462 e. The van der Waals surface area contributed by atoms with Crippen molar-refractivity contribution >= 4 is 39.5 Å². The van der Waals surface area contributed by atoms with Crippen LogP contribution in [0.4, 0.5) is 0 Å². The molecule has 516 valence electrons. The summed E-state index contributed by atoms with van der Waals surface area (Å²) in [6, 6.07) is 0. The number of hydrogen-bond acceptors (Lipinski definition) is 15. The average molecular weight is 1280 g/mol. The first-order valence-corrected chi connectivity index (χ1v) is 38.2. The van der Waals surface area contributed by atoms with E-state index in [1.165, 1.54) is 122 Å². The van der Waals surface area contributed by atoms with Crippen molar-refractivity contribution in [2.45, 2.75) is 350 Å². The minimum atomic E-state index is -4.95. The van der Waals surface area contributed by atoms with Crippen molar-refractivity contribution in [1.29, 1.82) is 0 Å². The molecule has 0 rings (SSSR count). The average Bonchev–Trinajstić information content (AvgIpc) is 3.53. The Morgan fingerprint density at radius 1 is 0.287 bits per heavy atom. The summed E-state index contributed by atoms with van der Waals surface area (Å²) in [5.74, 6) is 0.762. The van der Waals surface area contributed by atoms with Crippen molar-refractivity contribution in [2.75, 3.05) is 39.6 Å². The van der Waals surface area contributed by atoms with Gasteiger partial charge in [0.05, 0.1) is 26.4 Å². The van der Waals surface area contributed by atoms with Gasteiger partial charge in [0, 0.05) is 25.7 Å². The quantitative estimate of drug-likeness (QED) is 0.0222. The molecule has 0 bridgehead atoms. The summed E-state index contributed by atoms with van der Waals surface area (Å²) < 4.78 is 68.1. The summed E-state index contributed by atoms with van der Waals surface area (Å²) in [6.45, 7) is 14.0. The second-order valence-electron chi connectivity index (χ2n) is 26.5. The zero-order valence-corrected chi connectivity index (χ0v) is 58.4. The number of aliphatic hydroxyl groups excluding tert-OH is 1. The van der Waals surface area contributed by atoms with Crippen molar-refractivity contribution in [3.63, 3.8) is 0 Å². The fourth-order valence-electron chi connectivity index (χ4n) is 10.1. The molecule has 2 unspecified atom stereocenters. The fraction of sp³-hybridized carbons (Fsp3) is 0.941. The molecule has 0 aliphatic heterocycles. The third-order valence-corrected chi connectivity index (χ3v) is 17.5. The highest BCUT2D eigenvalue weighted by molar-refractivity contribution is 7.47. The SMILES string of the molecule is CC(C)CCCCCCCCCCCCCCCC(=O)O[C@H](COC(=O)CCCCCCCCC(C)C)COP(=O)(O)OC[C@H](O)COP(=O)(O)OC[C@@H](COC(=O)CCCCCCCCC(C)C)OC(=O)CCCCCCCCCCCCC(C)C. The van der Waals surface area contributed by atoms with Gasteiger partial charge in [0.1, 0.15) is 19.3 Å². The zero-order chi connectivity index (χ0) is 64.7. The molecule has 3 N–H and O–H groups in total. The predicted octanol–water partition coefficient (Wildman–Crippen LogP) is 18.9. The smallest absolute Gasteiger partial charge is 0.462 e. The maximum Gasteiger partial charge on any atom is 0.472 e. The monoisotopic (exact) mass is 1280 g/mol. The molecule has 5 atom stereocenters. The Balaban J connectivity index is 5.22. The standard InChI is InChI=1S/C68H132O17P2/c1-58(2)44-36-28-20-16-12-10-9-11-13-18-22-34-42-50-67(72)84-63(54-78-65(70)48-40-32-26-24-30-38-46-60(5)6)56-82-86(74,75)80-52-62(69)53-81-87(76,77)83-57-64(55-79-66(71)49-41-33-27-25-31-39-47-61(7)8)85-68(73)51-43-35-23-19-15-14-17-21-29-37-45-59(3)4/h58-64,69H,9-57H2,1-8H3,(H,74,75)(H,76,77)/t62-,63+,64+/m0/s1. The molecular weight excluding hydrogens is 1150 g/mol. The van der Waals surface area contributed by atoms with E-state index in [-0.39, 0.29) is 25.7 Å². The number of hydrogen-bond donors (Lipinski definition) is 3. The molecule has 19 heteroatoms. The lowest BCUT2D eigenvalue weighted by atomic mass is 10.0. The van der Waals surface area contributed by atoms with Crippen LogP contribution in [-0.2, 0) is 65.4 Å². The molecule has 87 heavy (non-hydrogen) atoms. The van der Waals surface area contributed by atoms with E-state index in [1.54, 1.807) is 0 Å². The van der Waals surface area contributed by atoms with Crippen LogP contribution in [0.1, 0.15) is 331 Å². The molecule has 0 saturated carbocycles. The minimum absolute atomic E-state index is 0.104. The highest BCUT2D eigenvalue weighted by atomic mass is 31.2. The van der Waals surface area contributed by atoms with Gasteiger partial charge in [-0.05, 0) is 49.4 Å². The Labute approximate surface area is 530 Å². The summed E-state index contributed by atoms with van der Waals surface area (Å²) in [6.07, 6.45) is 39.2. The van der Waals surface area contributed by atoms with E-state index < -0.39 is 97.5 Å². The summed E-state index contributed by atoms with van der Waals surface area (Å²) in [5, 5.41) is 10.6. The highest BCUT2D eigenvalue weighted by Gasteiger charge is 2.30. The molecule has 0 spiro atoms. The van der Waals surface area contributed by atoms with Crippen LogP contribution >= 0.6 is 15.6 Å². The van der Waals surface area contributed by atoms with Crippen LogP contribution in [0.25, 0.3) is 0 Å². The second-order valence-corrected chi connectivity index (χ2v) is 29.4. The first-order chi connectivity index (χ1) is 41.6. The third kappa shape index (κ3) is 62.6. The summed E-state index contributed by atoms with van der Waals surface area (Å²) in [7, 11) is -9.90. The molecule has 0 amide bonds. The van der Waals surface area contributed by atoms with Crippen LogP contribution < -0.4 is 0 Å². The largest absolute Gasteiger partial charge is 0.472 e. The number of phosphoric acid groups is 2. The van der Waals surface area contributed by atoms with Gasteiger partial charge in [-0.25, -0.2) is 9.13 Å². The van der Waals surface area contributed by atoms with Crippen LogP contribution in [0.2, 0.25) is 0 Å². The number of aliphatic hydroxyl groups is 1. The van der Waals surface area contributed by atoms with Gasteiger partial charge in [0.2, 0.25) is 0 Å². The van der Waals surface area contributed by atoms with Crippen LogP contribution in [0.5, 0.6) is 0 Å². The van der Waals surface area contributed by atoms with Gasteiger partial charge in [-0.2, -0.15) is 0 Å². The van der Waals surface area contributed by atoms with E-state index in [1.807, 2.05) is 0 Å². The molecule has 17 nitrogen and oxygen atoms in total. The molecule has 0 aliphatic rings. The van der Waals surface area contributed by atoms with Crippen molar-refractivity contribution in [3.05, 3.63) is 0 Å². The van der Waals surface area contributed by atoms with Crippen LogP contribution in [0.15, 0.2) is 0 Å². The van der Waals surface area contributed by atoms with Gasteiger partial charge in [-0.1, -0.05) is 280 Å². The molecule has 0 aromatic carbocycles. The lowest BCUT2D eigenvalue weighted by molar-refractivity contribution is -0.161. The lowest BCUT2D eigenvalue weighted by Crippen LogP contribution is -2.30. The normalized spacial score (nSPS) is 14.3. The number of unbranched alkanes of at least 4 members (excludes halogenated alkanes) is 31. The van der Waals surface area contributed by atoms with Crippen molar-refractivity contribution in [2.24, 2.45) is 23.7 Å². The van der Waals surface area contributed by atoms with Gasteiger partial charge < -0.3 is 33.8 Å². The Kier molecular flexibility index (Phi) is 56.6. The zero-order valence-electron chi connectivity index (χ0n) is 56.6. The van der Waals surface area contributed by atoms with Crippen LogP contribution in [0, 0.1) is 23.7 Å². The third-order valence-electron chi connectivity index (χ3n) is 15.6. The molecule has 0 aromatic heterocycles. The van der Waals surface area contributed by atoms with Gasteiger partial charge in [0.15, 0.2) is 12.2 Å². The molecular formula is C68H132O17P2. The first-order valence-electron chi connectivity index (χ1n) is 35.2. The molecule has 0 aliphatic carbocycles. The number of carbonyl (C=O) groups is 4. The van der Waals surface area contributed by atoms with E-state index in [4.69, 9.17) is 37.0 Å². The Bertz CT molecular complexity index is 1730. The van der Waals surface area contributed by atoms with Gasteiger partial charge in [0.25, 0.3) is 0 Å². The second kappa shape index (κ2) is 57.9. The maximum absolute atomic E-state index is 13.0. The fourth-order valence-corrected chi connectivity index (χ4v) is 11.7. The number of phosphoric ester groups is 2. The number of rotatable bonds is 65. The summed E-state index contributed by atoms with van der Waals surface area (Å²) in [4.78, 5) is 72.4. The molecule has 0 aromatic rings. The summed E-state index contributed by atoms with van der Waals surface area (Å²) >= 11 is 0. The van der Waals surface area contributed by atoms with E-state index in [0.717, 1.165) is 115 Å². The van der Waals surface area contributed by atoms with Gasteiger partial charge >= 0.3 is 39.5 Å². The summed E-state index contributed by atoms with van der Waals surface area (Å²) in [5.41, 5.74) is 0. The highest BCUT2D eigenvalue weighted by Crippen LogP contribution is 2.45. The molecule has 0 radical (unpaired) electrons. The number of esters is 4. The van der Waals surface area contributed by atoms with Gasteiger partial charge in [-0.15, -0.1) is 0 Å². The number of carbonyl (C=O) groups excluding carboxylic acids is 4. The Morgan fingerprint density at radius 3 is 0.713 bits per heavy atom. The van der Waals surface area contributed by atoms with E-state index in [0.29, 0.717) is 37.5 Å². The van der Waals surface area contributed by atoms with Crippen LogP contribution in [0.3, 0.4) is 0 Å². The van der Waals surface area contributed by atoms with Crippen molar-refractivity contribution < 1.29 is 80.2 Å². The number of ether oxygens (including phenoxy) is 4. The van der Waals surface area contributed by atoms with E-state index in [9.17, 15) is 43.2 Å². The lowest BCUT2D eigenvalue weighted by Gasteiger charge is -2.21. The van der Waals surface area contributed by atoms with E-state index >= 15 is 0 Å². The maximum atomic E-state index is 13.0. The van der Waals surface area contributed by atoms with Gasteiger partial charge in [-0.3, -0.25) is 37.3 Å². The molecule has 0 saturated heterocycles. The Hall–Kier alpha value is -1.94. The first kappa shape index (κ1) is 85.1. The van der Waals surface area contributed by atoms with Crippen molar-refractivity contribution in [1.82, 2.24) is 0 Å². The Morgan fingerprint density at radius 2 is 0.483 bits per heavy atom. The topological polar surface area (TPSA) is 237 Å². The van der Waals surface area contributed by atoms with E-state index in [2.05, 4.69) is 55.4 Å². The van der Waals surface area contributed by atoms with Crippen molar-refractivity contribution in [3.8, 4) is 0 Å². The van der Waals surface area contributed by atoms with Crippen LogP contribution in [-0.4, -0.2) is 96.7 Å². The predicted molar refractivity (Wildman–Crippen MR) is 349 cm³/mol. The molecule has 0 fully saturated rings. The molecule has 0 heterocycles.